The Morgan fingerprint density at radius 2 is 2.38 bits per heavy atom. The van der Waals surface area contributed by atoms with Gasteiger partial charge in [-0.15, -0.1) is 0 Å². The van der Waals surface area contributed by atoms with Crippen LogP contribution in [0.5, 0.6) is 5.75 Å². The highest BCUT2D eigenvalue weighted by atomic mass is 35.5. The summed E-state index contributed by atoms with van der Waals surface area (Å²) < 4.78 is 5.14. The fourth-order valence-corrected chi connectivity index (χ4v) is 1.24. The van der Waals surface area contributed by atoms with Crippen LogP contribution in [0.1, 0.15) is 12.0 Å². The molecule has 0 radical (unpaired) electrons. The standard InChI is InChI=1S/C11H10ClN3O/c1-16-11-8-10(12)6-5-9(11)4-2-3-7-14-15-13/h5-6,8H,3,7H2,1H3. The van der Waals surface area contributed by atoms with Crippen LogP contribution < -0.4 is 4.74 Å². The van der Waals surface area contributed by atoms with Crippen molar-refractivity contribution in [3.8, 4) is 17.6 Å². The van der Waals surface area contributed by atoms with E-state index in [1.165, 1.54) is 0 Å². The van der Waals surface area contributed by atoms with Gasteiger partial charge in [0.15, 0.2) is 0 Å². The number of nitrogens with zero attached hydrogens (tertiary/aromatic N) is 3. The second kappa shape index (κ2) is 6.62. The normalized spacial score (nSPS) is 8.62. The minimum atomic E-state index is 0.374. The van der Waals surface area contributed by atoms with Crippen LogP contribution in [-0.4, -0.2) is 13.7 Å². The second-order valence-corrected chi connectivity index (χ2v) is 3.29. The predicted octanol–water partition coefficient (Wildman–Crippen LogP) is 3.40. The first-order valence-electron chi connectivity index (χ1n) is 4.61. The number of azide groups is 1. The molecular formula is C11H10ClN3O. The van der Waals surface area contributed by atoms with Crippen LogP contribution in [0.3, 0.4) is 0 Å². The number of halogens is 1. The van der Waals surface area contributed by atoms with Crippen LogP contribution in [-0.2, 0) is 0 Å². The molecule has 82 valence electrons. The van der Waals surface area contributed by atoms with E-state index in [9.17, 15) is 0 Å². The molecule has 0 saturated heterocycles. The van der Waals surface area contributed by atoms with E-state index in [1.807, 2.05) is 0 Å². The quantitative estimate of drug-likeness (QED) is 0.260. The van der Waals surface area contributed by atoms with Crippen LogP contribution >= 0.6 is 11.6 Å². The third kappa shape index (κ3) is 3.74. The van der Waals surface area contributed by atoms with E-state index in [2.05, 4.69) is 21.9 Å². The Morgan fingerprint density at radius 3 is 3.06 bits per heavy atom. The number of benzene rings is 1. The van der Waals surface area contributed by atoms with E-state index in [0.29, 0.717) is 23.7 Å². The third-order valence-corrected chi connectivity index (χ3v) is 2.02. The highest BCUT2D eigenvalue weighted by molar-refractivity contribution is 6.30. The Hall–Kier alpha value is -1.82. The van der Waals surface area contributed by atoms with E-state index >= 15 is 0 Å². The largest absolute Gasteiger partial charge is 0.495 e. The van der Waals surface area contributed by atoms with Crippen molar-refractivity contribution < 1.29 is 4.74 Å². The molecular weight excluding hydrogens is 226 g/mol. The summed E-state index contributed by atoms with van der Waals surface area (Å²) in [7, 11) is 1.57. The molecule has 0 bridgehead atoms. The van der Waals surface area contributed by atoms with Gasteiger partial charge in [0.1, 0.15) is 5.75 Å². The maximum absolute atomic E-state index is 8.07. The van der Waals surface area contributed by atoms with Crippen molar-refractivity contribution in [3.05, 3.63) is 39.2 Å². The summed E-state index contributed by atoms with van der Waals surface area (Å²) in [6.07, 6.45) is 0.524. The first-order valence-corrected chi connectivity index (χ1v) is 4.99. The summed E-state index contributed by atoms with van der Waals surface area (Å²) in [4.78, 5) is 2.64. The summed E-state index contributed by atoms with van der Waals surface area (Å²) in [6.45, 7) is 0.374. The molecule has 0 unspecified atom stereocenters. The van der Waals surface area contributed by atoms with Gasteiger partial charge in [0.05, 0.1) is 12.7 Å². The highest BCUT2D eigenvalue weighted by Crippen LogP contribution is 2.21. The predicted molar refractivity (Wildman–Crippen MR) is 63.5 cm³/mol. The maximum atomic E-state index is 8.07. The van der Waals surface area contributed by atoms with Gasteiger partial charge < -0.3 is 4.74 Å². The molecule has 0 spiro atoms. The lowest BCUT2D eigenvalue weighted by molar-refractivity contribution is 0.413. The minimum absolute atomic E-state index is 0.374. The van der Waals surface area contributed by atoms with Crippen molar-refractivity contribution in [2.45, 2.75) is 6.42 Å². The van der Waals surface area contributed by atoms with Crippen molar-refractivity contribution in [1.29, 1.82) is 0 Å². The average molecular weight is 236 g/mol. The van der Waals surface area contributed by atoms with Crippen LogP contribution in [0, 0.1) is 11.8 Å². The smallest absolute Gasteiger partial charge is 0.135 e. The molecule has 0 aliphatic heterocycles. The zero-order valence-corrected chi connectivity index (χ0v) is 9.53. The molecule has 4 nitrogen and oxygen atoms in total. The molecule has 0 aromatic heterocycles. The molecule has 1 aromatic carbocycles. The van der Waals surface area contributed by atoms with Crippen molar-refractivity contribution in [2.24, 2.45) is 5.11 Å². The summed E-state index contributed by atoms with van der Waals surface area (Å²) >= 11 is 5.81. The van der Waals surface area contributed by atoms with E-state index in [-0.39, 0.29) is 0 Å². The maximum Gasteiger partial charge on any atom is 0.135 e. The summed E-state index contributed by atoms with van der Waals surface area (Å²) in [5, 5.41) is 3.99. The van der Waals surface area contributed by atoms with Crippen LogP contribution in [0.25, 0.3) is 10.4 Å². The van der Waals surface area contributed by atoms with Gasteiger partial charge >= 0.3 is 0 Å². The first-order chi connectivity index (χ1) is 7.77. The molecule has 0 amide bonds. The topological polar surface area (TPSA) is 58.0 Å². The first kappa shape index (κ1) is 12.3. The molecule has 0 N–H and O–H groups in total. The van der Waals surface area contributed by atoms with Gasteiger partial charge in [0.25, 0.3) is 0 Å². The SMILES string of the molecule is COc1cc(Cl)ccc1C#CCCN=[N+]=[N-]. The summed E-state index contributed by atoms with van der Waals surface area (Å²) in [5.41, 5.74) is 8.84. The van der Waals surface area contributed by atoms with E-state index < -0.39 is 0 Å². The lowest BCUT2D eigenvalue weighted by Crippen LogP contribution is -1.87. The molecule has 0 fully saturated rings. The minimum Gasteiger partial charge on any atom is -0.495 e. The fourth-order valence-electron chi connectivity index (χ4n) is 1.08. The second-order valence-electron chi connectivity index (χ2n) is 2.85. The molecule has 0 heterocycles. The Labute approximate surface area is 98.8 Å². The Balaban J connectivity index is 2.75. The highest BCUT2D eigenvalue weighted by Gasteiger charge is 1.99. The molecule has 5 heteroatoms. The van der Waals surface area contributed by atoms with Crippen LogP contribution in [0.4, 0.5) is 0 Å². The van der Waals surface area contributed by atoms with E-state index in [1.54, 1.807) is 25.3 Å². The Morgan fingerprint density at radius 1 is 1.56 bits per heavy atom. The number of hydrogen-bond donors (Lipinski definition) is 0. The number of rotatable bonds is 3. The molecule has 1 rings (SSSR count). The van der Waals surface area contributed by atoms with Crippen LogP contribution in [0.15, 0.2) is 23.3 Å². The molecule has 0 atom stereocenters. The Bertz CT molecular complexity index is 470. The van der Waals surface area contributed by atoms with Gasteiger partial charge in [0, 0.05) is 29.0 Å². The fraction of sp³-hybridized carbons (Fsp3) is 0.273. The van der Waals surface area contributed by atoms with Gasteiger partial charge in [-0.05, 0) is 17.7 Å². The van der Waals surface area contributed by atoms with E-state index in [0.717, 1.165) is 5.56 Å². The molecule has 16 heavy (non-hydrogen) atoms. The third-order valence-electron chi connectivity index (χ3n) is 1.79. The Kier molecular flexibility index (Phi) is 5.07. The summed E-state index contributed by atoms with van der Waals surface area (Å²) in [6, 6.07) is 5.25. The number of ether oxygens (including phenoxy) is 1. The molecule has 1 aromatic rings. The number of methoxy groups -OCH3 is 1. The van der Waals surface area contributed by atoms with Crippen molar-refractivity contribution in [1.82, 2.24) is 0 Å². The lowest BCUT2D eigenvalue weighted by atomic mass is 10.2. The molecule has 0 aliphatic carbocycles. The van der Waals surface area contributed by atoms with E-state index in [4.69, 9.17) is 21.9 Å². The van der Waals surface area contributed by atoms with Gasteiger partial charge in [-0.2, -0.15) is 0 Å². The zero-order valence-electron chi connectivity index (χ0n) is 8.77. The molecule has 0 saturated carbocycles. The van der Waals surface area contributed by atoms with Gasteiger partial charge in [-0.25, -0.2) is 0 Å². The number of hydrogen-bond acceptors (Lipinski definition) is 2. The van der Waals surface area contributed by atoms with Crippen molar-refractivity contribution in [2.75, 3.05) is 13.7 Å². The summed E-state index contributed by atoms with van der Waals surface area (Å²) in [5.74, 6) is 6.47. The van der Waals surface area contributed by atoms with Crippen LogP contribution in [0.2, 0.25) is 5.02 Å². The van der Waals surface area contributed by atoms with Gasteiger partial charge in [-0.1, -0.05) is 28.6 Å². The zero-order chi connectivity index (χ0) is 11.8. The van der Waals surface area contributed by atoms with Gasteiger partial charge in [0.2, 0.25) is 0 Å². The molecule has 0 aliphatic rings. The van der Waals surface area contributed by atoms with Gasteiger partial charge in [-0.3, -0.25) is 0 Å². The average Bonchev–Trinajstić information content (AvgIpc) is 2.30. The monoisotopic (exact) mass is 235 g/mol. The van der Waals surface area contributed by atoms with Crippen molar-refractivity contribution >= 4 is 11.6 Å². The van der Waals surface area contributed by atoms with Crippen molar-refractivity contribution in [3.63, 3.8) is 0 Å². The lowest BCUT2D eigenvalue weighted by Gasteiger charge is -2.02.